The monoisotopic (exact) mass is 370 g/mol. The maximum absolute atomic E-state index is 12.4. The van der Waals surface area contributed by atoms with E-state index in [4.69, 9.17) is 4.42 Å². The molecule has 0 saturated carbocycles. The SMILES string of the molecule is O=C(NN(Cc1ccccc1)c1ccccc1)c1ccc(Br)o1. The zero-order chi connectivity index (χ0) is 16.1. The van der Waals surface area contributed by atoms with Gasteiger partial charge in [0.15, 0.2) is 10.4 Å². The fraction of sp³-hybridized carbons (Fsp3) is 0.0556. The van der Waals surface area contributed by atoms with E-state index in [2.05, 4.69) is 21.4 Å². The van der Waals surface area contributed by atoms with Crippen LogP contribution in [0.15, 0.2) is 81.9 Å². The number of carbonyl (C=O) groups is 1. The quantitative estimate of drug-likeness (QED) is 0.677. The summed E-state index contributed by atoms with van der Waals surface area (Å²) in [4.78, 5) is 12.4. The van der Waals surface area contributed by atoms with Crippen LogP contribution in [0.5, 0.6) is 0 Å². The van der Waals surface area contributed by atoms with Crippen LogP contribution in [0.3, 0.4) is 0 Å². The van der Waals surface area contributed by atoms with Gasteiger partial charge in [0, 0.05) is 0 Å². The van der Waals surface area contributed by atoms with Gasteiger partial charge in [0.05, 0.1) is 12.2 Å². The lowest BCUT2D eigenvalue weighted by atomic mass is 10.2. The summed E-state index contributed by atoms with van der Waals surface area (Å²) in [7, 11) is 0. The lowest BCUT2D eigenvalue weighted by Gasteiger charge is -2.25. The van der Waals surface area contributed by atoms with Crippen LogP contribution in [0.1, 0.15) is 16.1 Å². The normalized spacial score (nSPS) is 10.3. The molecule has 116 valence electrons. The smallest absolute Gasteiger partial charge is 0.305 e. The number of rotatable bonds is 5. The van der Waals surface area contributed by atoms with E-state index in [1.807, 2.05) is 60.7 Å². The van der Waals surface area contributed by atoms with Gasteiger partial charge < -0.3 is 4.42 Å². The van der Waals surface area contributed by atoms with Crippen LogP contribution in [0.4, 0.5) is 5.69 Å². The van der Waals surface area contributed by atoms with Crippen molar-refractivity contribution in [2.75, 3.05) is 5.01 Å². The standard InChI is InChI=1S/C18H15BrN2O2/c19-17-12-11-16(23-17)18(22)20-21(15-9-5-2-6-10-15)13-14-7-3-1-4-8-14/h1-12H,13H2,(H,20,22). The van der Waals surface area contributed by atoms with Crippen molar-refractivity contribution in [2.24, 2.45) is 0 Å². The summed E-state index contributed by atoms with van der Waals surface area (Å²) >= 11 is 3.21. The third kappa shape index (κ3) is 4.02. The molecule has 4 nitrogen and oxygen atoms in total. The number of nitrogens with zero attached hydrogens (tertiary/aromatic N) is 1. The number of hydrogen-bond donors (Lipinski definition) is 1. The summed E-state index contributed by atoms with van der Waals surface area (Å²) in [5.41, 5.74) is 4.88. The Morgan fingerprint density at radius 3 is 2.22 bits per heavy atom. The summed E-state index contributed by atoms with van der Waals surface area (Å²) in [5.74, 6) is -0.0404. The molecule has 0 fully saturated rings. The van der Waals surface area contributed by atoms with Gasteiger partial charge in [-0.3, -0.25) is 15.2 Å². The molecule has 3 rings (SSSR count). The molecule has 0 atom stereocenters. The van der Waals surface area contributed by atoms with Crippen LogP contribution < -0.4 is 10.4 Å². The summed E-state index contributed by atoms with van der Waals surface area (Å²) in [6.07, 6.45) is 0. The first-order valence-corrected chi connectivity index (χ1v) is 7.94. The Labute approximate surface area is 142 Å². The Kier molecular flexibility index (Phi) is 4.78. The molecule has 0 aliphatic carbocycles. The van der Waals surface area contributed by atoms with Gasteiger partial charge in [-0.2, -0.15) is 0 Å². The molecule has 0 saturated heterocycles. The lowest BCUT2D eigenvalue weighted by Crippen LogP contribution is -2.41. The molecule has 5 heteroatoms. The first-order chi connectivity index (χ1) is 11.2. The van der Waals surface area contributed by atoms with Crippen molar-refractivity contribution in [1.82, 2.24) is 5.43 Å². The van der Waals surface area contributed by atoms with E-state index in [0.29, 0.717) is 11.2 Å². The molecule has 0 aliphatic rings. The number of furan rings is 1. The highest BCUT2D eigenvalue weighted by molar-refractivity contribution is 9.10. The van der Waals surface area contributed by atoms with Gasteiger partial charge in [-0.15, -0.1) is 0 Å². The van der Waals surface area contributed by atoms with E-state index < -0.39 is 0 Å². The van der Waals surface area contributed by atoms with Crippen molar-refractivity contribution in [3.63, 3.8) is 0 Å². The Morgan fingerprint density at radius 1 is 0.957 bits per heavy atom. The number of anilines is 1. The first kappa shape index (κ1) is 15.4. The van der Waals surface area contributed by atoms with E-state index in [-0.39, 0.29) is 11.7 Å². The van der Waals surface area contributed by atoms with Crippen LogP contribution in [0.2, 0.25) is 0 Å². The van der Waals surface area contributed by atoms with E-state index in [1.165, 1.54) is 0 Å². The highest BCUT2D eigenvalue weighted by Gasteiger charge is 2.15. The molecule has 0 aliphatic heterocycles. The van der Waals surface area contributed by atoms with Gasteiger partial charge in [0.25, 0.3) is 0 Å². The second kappa shape index (κ2) is 7.15. The molecule has 1 heterocycles. The van der Waals surface area contributed by atoms with Gasteiger partial charge in [-0.25, -0.2) is 0 Å². The van der Waals surface area contributed by atoms with E-state index in [1.54, 1.807) is 17.1 Å². The van der Waals surface area contributed by atoms with Crippen molar-refractivity contribution >= 4 is 27.5 Å². The summed E-state index contributed by atoms with van der Waals surface area (Å²) in [6, 6.07) is 23.0. The minimum atomic E-state index is -0.296. The van der Waals surface area contributed by atoms with Crippen LogP contribution in [0.25, 0.3) is 0 Å². The van der Waals surface area contributed by atoms with Gasteiger partial charge >= 0.3 is 5.91 Å². The number of amides is 1. The van der Waals surface area contributed by atoms with Crippen molar-refractivity contribution < 1.29 is 9.21 Å². The number of hydrogen-bond acceptors (Lipinski definition) is 3. The van der Waals surface area contributed by atoms with Crippen LogP contribution in [0, 0.1) is 0 Å². The average Bonchev–Trinajstić information content (AvgIpc) is 3.03. The fourth-order valence-electron chi connectivity index (χ4n) is 2.18. The fourth-order valence-corrected chi connectivity index (χ4v) is 2.49. The molecule has 1 amide bonds. The van der Waals surface area contributed by atoms with Crippen LogP contribution in [-0.2, 0) is 6.54 Å². The molecular weight excluding hydrogens is 356 g/mol. The number of hydrazine groups is 1. The molecule has 1 N–H and O–H groups in total. The average molecular weight is 371 g/mol. The predicted octanol–water partition coefficient (Wildman–Crippen LogP) is 4.39. The molecule has 23 heavy (non-hydrogen) atoms. The van der Waals surface area contributed by atoms with Crippen molar-refractivity contribution in [2.45, 2.75) is 6.54 Å². The molecular formula is C18H15BrN2O2. The summed E-state index contributed by atoms with van der Waals surface area (Å²) < 4.78 is 5.84. The summed E-state index contributed by atoms with van der Waals surface area (Å²) in [5, 5.41) is 1.80. The Bertz CT molecular complexity index is 772. The van der Waals surface area contributed by atoms with E-state index >= 15 is 0 Å². The number of benzene rings is 2. The molecule has 0 unspecified atom stereocenters. The topological polar surface area (TPSA) is 45.5 Å². The Morgan fingerprint density at radius 2 is 1.61 bits per heavy atom. The largest absolute Gasteiger partial charge is 0.444 e. The van der Waals surface area contributed by atoms with Gasteiger partial charge in [0.2, 0.25) is 0 Å². The highest BCUT2D eigenvalue weighted by atomic mass is 79.9. The first-order valence-electron chi connectivity index (χ1n) is 7.15. The van der Waals surface area contributed by atoms with E-state index in [9.17, 15) is 4.79 Å². The summed E-state index contributed by atoms with van der Waals surface area (Å²) in [6.45, 7) is 0.554. The molecule has 0 radical (unpaired) electrons. The van der Waals surface area contributed by atoms with Gasteiger partial charge in [-0.1, -0.05) is 48.5 Å². The molecule has 2 aromatic carbocycles. The predicted molar refractivity (Wildman–Crippen MR) is 92.9 cm³/mol. The van der Waals surface area contributed by atoms with Crippen LogP contribution >= 0.6 is 15.9 Å². The minimum absolute atomic E-state index is 0.255. The second-order valence-corrected chi connectivity index (χ2v) is 5.73. The number of nitrogens with one attached hydrogen (secondary N) is 1. The van der Waals surface area contributed by atoms with Crippen LogP contribution in [-0.4, -0.2) is 5.91 Å². The maximum Gasteiger partial charge on any atom is 0.305 e. The zero-order valence-corrected chi connectivity index (χ0v) is 13.9. The Balaban J connectivity index is 1.82. The minimum Gasteiger partial charge on any atom is -0.444 e. The van der Waals surface area contributed by atoms with Gasteiger partial charge in [-0.05, 0) is 45.8 Å². The number of halogens is 1. The highest BCUT2D eigenvalue weighted by Crippen LogP contribution is 2.17. The Hall–Kier alpha value is -2.53. The van der Waals surface area contributed by atoms with Crippen molar-refractivity contribution in [3.05, 3.63) is 88.8 Å². The lowest BCUT2D eigenvalue weighted by molar-refractivity contribution is 0.0919. The number of para-hydroxylation sites is 1. The molecule has 0 bridgehead atoms. The molecule has 0 spiro atoms. The third-order valence-electron chi connectivity index (χ3n) is 3.28. The zero-order valence-electron chi connectivity index (χ0n) is 12.3. The van der Waals surface area contributed by atoms with E-state index in [0.717, 1.165) is 11.3 Å². The number of carbonyl (C=O) groups excluding carboxylic acids is 1. The third-order valence-corrected chi connectivity index (χ3v) is 3.71. The molecule has 1 aromatic heterocycles. The van der Waals surface area contributed by atoms with Crippen molar-refractivity contribution in [1.29, 1.82) is 0 Å². The van der Waals surface area contributed by atoms with Crippen molar-refractivity contribution in [3.8, 4) is 0 Å². The van der Waals surface area contributed by atoms with Gasteiger partial charge in [0.1, 0.15) is 0 Å². The second-order valence-electron chi connectivity index (χ2n) is 4.95. The maximum atomic E-state index is 12.4. The molecule has 3 aromatic rings.